The van der Waals surface area contributed by atoms with Crippen molar-refractivity contribution >= 4 is 16.8 Å². The Kier molecular flexibility index (Phi) is 4.60. The van der Waals surface area contributed by atoms with Gasteiger partial charge in [-0.15, -0.1) is 0 Å². The Balaban J connectivity index is 1.63. The first kappa shape index (κ1) is 15.8. The van der Waals surface area contributed by atoms with Gasteiger partial charge < -0.3 is 14.8 Å². The lowest BCUT2D eigenvalue weighted by Crippen LogP contribution is -2.26. The molecule has 24 heavy (non-hydrogen) atoms. The molecule has 1 aromatic carbocycles. The molecule has 0 aliphatic heterocycles. The Bertz CT molecular complexity index is 860. The number of aromatic nitrogens is 3. The third-order valence-electron chi connectivity index (χ3n) is 3.73. The summed E-state index contributed by atoms with van der Waals surface area (Å²) in [5.74, 6) is 1.13. The summed E-state index contributed by atoms with van der Waals surface area (Å²) in [6.07, 6.45) is 3.95. The number of fused-ring (bicyclic) bond motifs is 1. The second-order valence-corrected chi connectivity index (χ2v) is 5.19. The van der Waals surface area contributed by atoms with Crippen molar-refractivity contribution in [2.24, 2.45) is 0 Å². The number of hydrogen-bond acceptors (Lipinski definition) is 5. The summed E-state index contributed by atoms with van der Waals surface area (Å²) >= 11 is 0. The molecule has 0 unspecified atom stereocenters. The lowest BCUT2D eigenvalue weighted by Gasteiger charge is -2.10. The van der Waals surface area contributed by atoms with Crippen molar-refractivity contribution < 1.29 is 14.3 Å². The van der Waals surface area contributed by atoms with E-state index in [4.69, 9.17) is 9.47 Å². The van der Waals surface area contributed by atoms with Crippen molar-refractivity contribution in [3.8, 4) is 11.5 Å². The molecule has 0 spiro atoms. The van der Waals surface area contributed by atoms with Gasteiger partial charge in [0.2, 0.25) is 0 Å². The van der Waals surface area contributed by atoms with Gasteiger partial charge in [0, 0.05) is 18.9 Å². The number of benzene rings is 1. The van der Waals surface area contributed by atoms with Crippen LogP contribution in [0.25, 0.3) is 10.9 Å². The highest BCUT2D eigenvalue weighted by molar-refractivity contribution is 6.04. The summed E-state index contributed by atoms with van der Waals surface area (Å²) in [4.78, 5) is 16.3. The summed E-state index contributed by atoms with van der Waals surface area (Å²) in [7, 11) is 3.20. The summed E-state index contributed by atoms with van der Waals surface area (Å²) in [5, 5.41) is 10.5. The van der Waals surface area contributed by atoms with Crippen molar-refractivity contribution in [1.82, 2.24) is 20.5 Å². The number of nitrogens with one attached hydrogen (secondary N) is 2. The molecule has 0 radical (unpaired) electrons. The molecule has 1 amide bonds. The summed E-state index contributed by atoms with van der Waals surface area (Å²) in [5.41, 5.74) is 2.18. The smallest absolute Gasteiger partial charge is 0.272 e. The van der Waals surface area contributed by atoms with Crippen molar-refractivity contribution in [2.75, 3.05) is 20.8 Å². The van der Waals surface area contributed by atoms with Gasteiger partial charge in [-0.05, 0) is 30.2 Å². The van der Waals surface area contributed by atoms with Gasteiger partial charge in [-0.25, -0.2) is 0 Å². The van der Waals surface area contributed by atoms with Gasteiger partial charge in [-0.3, -0.25) is 14.9 Å². The highest BCUT2D eigenvalue weighted by atomic mass is 16.5. The molecule has 0 saturated heterocycles. The molecule has 0 aliphatic rings. The molecule has 0 atom stereocenters. The van der Waals surface area contributed by atoms with Gasteiger partial charge in [0.25, 0.3) is 5.91 Å². The van der Waals surface area contributed by atoms with Gasteiger partial charge in [-0.1, -0.05) is 6.07 Å². The number of pyridine rings is 1. The van der Waals surface area contributed by atoms with E-state index in [-0.39, 0.29) is 5.91 Å². The number of carbonyl (C=O) groups is 1. The Morgan fingerprint density at radius 3 is 2.83 bits per heavy atom. The van der Waals surface area contributed by atoms with E-state index in [1.807, 2.05) is 18.2 Å². The maximum absolute atomic E-state index is 12.3. The standard InChI is InChI=1S/C17H18N4O3/c1-23-14-4-3-11(9-15(14)24-2)5-8-19-17(22)16-12-10-18-7-6-13(12)20-21-16/h3-4,6-7,9-10H,5,8H2,1-2H3,(H,19,22)(H,20,21). The first-order chi connectivity index (χ1) is 11.7. The van der Waals surface area contributed by atoms with Crippen LogP contribution in [0.15, 0.2) is 36.7 Å². The van der Waals surface area contributed by atoms with Crippen LogP contribution in [-0.4, -0.2) is 41.9 Å². The molecule has 2 N–H and O–H groups in total. The SMILES string of the molecule is COc1ccc(CCNC(=O)c2n[nH]c3ccncc23)cc1OC. The van der Waals surface area contributed by atoms with Crippen molar-refractivity contribution in [3.05, 3.63) is 47.9 Å². The van der Waals surface area contributed by atoms with E-state index in [1.165, 1.54) is 0 Å². The molecule has 2 aromatic heterocycles. The maximum Gasteiger partial charge on any atom is 0.272 e. The van der Waals surface area contributed by atoms with Crippen LogP contribution in [0.5, 0.6) is 11.5 Å². The molecular weight excluding hydrogens is 308 g/mol. The number of nitrogens with zero attached hydrogens (tertiary/aromatic N) is 2. The van der Waals surface area contributed by atoms with Gasteiger partial charge in [0.1, 0.15) is 0 Å². The van der Waals surface area contributed by atoms with E-state index < -0.39 is 0 Å². The Morgan fingerprint density at radius 2 is 2.04 bits per heavy atom. The predicted octanol–water partition coefficient (Wildman–Crippen LogP) is 1.95. The summed E-state index contributed by atoms with van der Waals surface area (Å²) in [6.45, 7) is 0.489. The maximum atomic E-state index is 12.3. The molecule has 0 fully saturated rings. The minimum atomic E-state index is -0.227. The van der Waals surface area contributed by atoms with Crippen molar-refractivity contribution in [3.63, 3.8) is 0 Å². The van der Waals surface area contributed by atoms with E-state index >= 15 is 0 Å². The third-order valence-corrected chi connectivity index (χ3v) is 3.73. The van der Waals surface area contributed by atoms with Gasteiger partial charge in [-0.2, -0.15) is 5.10 Å². The van der Waals surface area contributed by atoms with E-state index in [0.29, 0.717) is 35.5 Å². The Morgan fingerprint density at radius 1 is 1.21 bits per heavy atom. The van der Waals surface area contributed by atoms with Gasteiger partial charge in [0.15, 0.2) is 17.2 Å². The fourth-order valence-corrected chi connectivity index (χ4v) is 2.47. The normalized spacial score (nSPS) is 10.6. The predicted molar refractivity (Wildman–Crippen MR) is 89.5 cm³/mol. The summed E-state index contributed by atoms with van der Waals surface area (Å²) in [6, 6.07) is 7.48. The molecule has 3 rings (SSSR count). The van der Waals surface area contributed by atoms with Crippen LogP contribution in [0.3, 0.4) is 0 Å². The molecule has 7 heteroatoms. The number of ether oxygens (including phenoxy) is 2. The van der Waals surface area contributed by atoms with Crippen molar-refractivity contribution in [2.45, 2.75) is 6.42 Å². The zero-order valence-electron chi connectivity index (χ0n) is 13.5. The average Bonchev–Trinajstić information content (AvgIpc) is 3.05. The Hall–Kier alpha value is -3.09. The van der Waals surface area contributed by atoms with Crippen LogP contribution in [0.1, 0.15) is 16.1 Å². The quantitative estimate of drug-likeness (QED) is 0.723. The first-order valence-electron chi connectivity index (χ1n) is 7.50. The molecular formula is C17H18N4O3. The minimum Gasteiger partial charge on any atom is -0.493 e. The van der Waals surface area contributed by atoms with Crippen LogP contribution in [-0.2, 0) is 6.42 Å². The molecule has 0 bridgehead atoms. The van der Waals surface area contributed by atoms with Crippen LogP contribution in [0, 0.1) is 0 Å². The molecule has 0 saturated carbocycles. The largest absolute Gasteiger partial charge is 0.493 e. The third kappa shape index (κ3) is 3.15. The highest BCUT2D eigenvalue weighted by Crippen LogP contribution is 2.27. The van der Waals surface area contributed by atoms with Gasteiger partial charge in [0.05, 0.1) is 25.1 Å². The number of aromatic amines is 1. The van der Waals surface area contributed by atoms with Crippen LogP contribution in [0.4, 0.5) is 0 Å². The molecule has 2 heterocycles. The van der Waals surface area contributed by atoms with Crippen LogP contribution >= 0.6 is 0 Å². The fraction of sp³-hybridized carbons (Fsp3) is 0.235. The highest BCUT2D eigenvalue weighted by Gasteiger charge is 2.13. The lowest BCUT2D eigenvalue weighted by molar-refractivity contribution is 0.0950. The molecule has 0 aliphatic carbocycles. The number of amides is 1. The fourth-order valence-electron chi connectivity index (χ4n) is 2.47. The van der Waals surface area contributed by atoms with Crippen LogP contribution in [0.2, 0.25) is 0 Å². The molecule has 124 valence electrons. The first-order valence-corrected chi connectivity index (χ1v) is 7.50. The van der Waals surface area contributed by atoms with E-state index in [0.717, 1.165) is 11.1 Å². The van der Waals surface area contributed by atoms with Gasteiger partial charge >= 0.3 is 0 Å². The zero-order chi connectivity index (χ0) is 16.9. The Labute approximate surface area is 139 Å². The number of hydrogen-bond donors (Lipinski definition) is 2. The van der Waals surface area contributed by atoms with E-state index in [9.17, 15) is 4.79 Å². The number of methoxy groups -OCH3 is 2. The monoisotopic (exact) mass is 326 g/mol. The number of carbonyl (C=O) groups excluding carboxylic acids is 1. The molecule has 3 aromatic rings. The lowest BCUT2D eigenvalue weighted by atomic mass is 10.1. The van der Waals surface area contributed by atoms with E-state index in [2.05, 4.69) is 20.5 Å². The molecule has 7 nitrogen and oxygen atoms in total. The second kappa shape index (κ2) is 6.99. The van der Waals surface area contributed by atoms with E-state index in [1.54, 1.807) is 32.7 Å². The average molecular weight is 326 g/mol. The van der Waals surface area contributed by atoms with Crippen LogP contribution < -0.4 is 14.8 Å². The minimum absolute atomic E-state index is 0.227. The second-order valence-electron chi connectivity index (χ2n) is 5.19. The number of rotatable bonds is 6. The number of H-pyrrole nitrogens is 1. The van der Waals surface area contributed by atoms with Crippen molar-refractivity contribution in [1.29, 1.82) is 0 Å². The zero-order valence-corrected chi connectivity index (χ0v) is 13.5. The topological polar surface area (TPSA) is 89.1 Å². The summed E-state index contributed by atoms with van der Waals surface area (Å²) < 4.78 is 10.5.